The molecule has 2 rings (SSSR count). The summed E-state index contributed by atoms with van der Waals surface area (Å²) in [5, 5.41) is 21.7. The average Bonchev–Trinajstić information content (AvgIpc) is 2.67. The Labute approximate surface area is 110 Å². The Morgan fingerprint density at radius 1 is 1.39 bits per heavy atom. The summed E-state index contributed by atoms with van der Waals surface area (Å²) in [5.41, 5.74) is 1.93. The monoisotopic (exact) mass is 261 g/mol. The smallest absolute Gasteiger partial charge is 0.177 e. The molecule has 6 heteroatoms. The Hall–Kier alpha value is -1.93. The molecule has 0 aromatic carbocycles. The predicted octanol–water partition coefficient (Wildman–Crippen LogP) is 2.45. The van der Waals surface area contributed by atoms with Crippen molar-refractivity contribution >= 4 is 11.6 Å². The third kappa shape index (κ3) is 2.20. The SMILES string of the molecule is CCCc1nn(-c2ccc(C)nn2)c(Cl)c1C#N. The molecule has 0 saturated heterocycles. The van der Waals surface area contributed by atoms with E-state index in [9.17, 15) is 0 Å². The van der Waals surface area contributed by atoms with E-state index in [4.69, 9.17) is 16.9 Å². The zero-order chi connectivity index (χ0) is 13.1. The second kappa shape index (κ2) is 5.15. The van der Waals surface area contributed by atoms with Crippen molar-refractivity contribution in [1.82, 2.24) is 20.0 Å². The van der Waals surface area contributed by atoms with Crippen LogP contribution in [0.15, 0.2) is 12.1 Å². The highest BCUT2D eigenvalue weighted by Gasteiger charge is 2.17. The van der Waals surface area contributed by atoms with Gasteiger partial charge in [0.1, 0.15) is 11.6 Å². The first-order valence-electron chi connectivity index (χ1n) is 5.65. The van der Waals surface area contributed by atoms with Crippen LogP contribution in [0.25, 0.3) is 5.82 Å². The van der Waals surface area contributed by atoms with Crippen molar-refractivity contribution in [3.63, 3.8) is 0 Å². The summed E-state index contributed by atoms with van der Waals surface area (Å²) in [4.78, 5) is 0. The molecule has 18 heavy (non-hydrogen) atoms. The maximum absolute atomic E-state index is 9.11. The predicted molar refractivity (Wildman–Crippen MR) is 67.6 cm³/mol. The van der Waals surface area contributed by atoms with E-state index in [0.29, 0.717) is 22.2 Å². The van der Waals surface area contributed by atoms with E-state index in [2.05, 4.69) is 21.4 Å². The van der Waals surface area contributed by atoms with Gasteiger partial charge in [0.15, 0.2) is 11.0 Å². The van der Waals surface area contributed by atoms with E-state index in [1.165, 1.54) is 4.68 Å². The van der Waals surface area contributed by atoms with Gasteiger partial charge in [0, 0.05) is 0 Å². The van der Waals surface area contributed by atoms with Crippen LogP contribution in [0, 0.1) is 18.3 Å². The number of halogens is 1. The van der Waals surface area contributed by atoms with Crippen molar-refractivity contribution in [1.29, 1.82) is 5.26 Å². The van der Waals surface area contributed by atoms with Gasteiger partial charge in [-0.25, -0.2) is 4.68 Å². The molecular weight excluding hydrogens is 250 g/mol. The topological polar surface area (TPSA) is 67.4 Å². The third-order valence-corrected chi connectivity index (χ3v) is 2.85. The largest absolute Gasteiger partial charge is 0.200 e. The van der Waals surface area contributed by atoms with Gasteiger partial charge < -0.3 is 0 Å². The minimum atomic E-state index is 0.291. The summed E-state index contributed by atoms with van der Waals surface area (Å²) in [6.45, 7) is 3.88. The summed E-state index contributed by atoms with van der Waals surface area (Å²) in [7, 11) is 0. The van der Waals surface area contributed by atoms with E-state index >= 15 is 0 Å². The molecule has 2 heterocycles. The Balaban J connectivity index is 2.52. The van der Waals surface area contributed by atoms with Gasteiger partial charge in [-0.15, -0.1) is 5.10 Å². The van der Waals surface area contributed by atoms with Gasteiger partial charge in [-0.3, -0.25) is 0 Å². The minimum absolute atomic E-state index is 0.291. The van der Waals surface area contributed by atoms with E-state index < -0.39 is 0 Å². The third-order valence-electron chi connectivity index (χ3n) is 2.50. The van der Waals surface area contributed by atoms with Crippen molar-refractivity contribution in [2.75, 3.05) is 0 Å². The van der Waals surface area contributed by atoms with Gasteiger partial charge in [-0.2, -0.15) is 15.5 Å². The fraction of sp³-hybridized carbons (Fsp3) is 0.333. The summed E-state index contributed by atoms with van der Waals surface area (Å²) < 4.78 is 1.46. The maximum atomic E-state index is 9.11. The van der Waals surface area contributed by atoms with Crippen molar-refractivity contribution in [2.45, 2.75) is 26.7 Å². The van der Waals surface area contributed by atoms with Crippen LogP contribution in [-0.4, -0.2) is 20.0 Å². The molecule has 0 radical (unpaired) electrons. The normalized spacial score (nSPS) is 10.3. The lowest BCUT2D eigenvalue weighted by Crippen LogP contribution is -2.02. The van der Waals surface area contributed by atoms with Gasteiger partial charge in [0.05, 0.1) is 11.4 Å². The van der Waals surface area contributed by atoms with Crippen LogP contribution in [-0.2, 0) is 6.42 Å². The number of rotatable bonds is 3. The van der Waals surface area contributed by atoms with Gasteiger partial charge in [-0.05, 0) is 25.5 Å². The van der Waals surface area contributed by atoms with Gasteiger partial charge in [0.2, 0.25) is 0 Å². The van der Waals surface area contributed by atoms with Crippen molar-refractivity contribution in [3.8, 4) is 11.9 Å². The first kappa shape index (κ1) is 12.5. The molecule has 0 aliphatic rings. The molecule has 0 bridgehead atoms. The number of nitrogens with zero attached hydrogens (tertiary/aromatic N) is 5. The molecule has 0 saturated carbocycles. The minimum Gasteiger partial charge on any atom is -0.200 e. The molecule has 5 nitrogen and oxygen atoms in total. The first-order valence-corrected chi connectivity index (χ1v) is 6.03. The number of nitriles is 1. The van der Waals surface area contributed by atoms with Crippen LogP contribution in [0.4, 0.5) is 0 Å². The zero-order valence-corrected chi connectivity index (χ0v) is 10.9. The summed E-state index contributed by atoms with van der Waals surface area (Å²) >= 11 is 6.15. The fourth-order valence-corrected chi connectivity index (χ4v) is 1.89. The van der Waals surface area contributed by atoms with Crippen molar-refractivity contribution in [2.24, 2.45) is 0 Å². The van der Waals surface area contributed by atoms with E-state index in [1.54, 1.807) is 6.07 Å². The number of aromatic nitrogens is 4. The van der Waals surface area contributed by atoms with Crippen LogP contribution in [0.2, 0.25) is 5.15 Å². The molecule has 0 fully saturated rings. The molecule has 2 aromatic heterocycles. The highest BCUT2D eigenvalue weighted by atomic mass is 35.5. The molecule has 2 aromatic rings. The second-order valence-corrected chi connectivity index (χ2v) is 4.28. The van der Waals surface area contributed by atoms with Crippen LogP contribution in [0.1, 0.15) is 30.3 Å². The standard InChI is InChI=1S/C12H12ClN5/c1-3-4-10-9(7-14)12(13)18(17-10)11-6-5-8(2)15-16-11/h5-6H,3-4H2,1-2H3. The lowest BCUT2D eigenvalue weighted by atomic mass is 10.2. The Morgan fingerprint density at radius 2 is 2.17 bits per heavy atom. The molecule has 0 N–H and O–H groups in total. The fourth-order valence-electron chi connectivity index (χ4n) is 1.62. The molecule has 92 valence electrons. The second-order valence-electron chi connectivity index (χ2n) is 3.92. The van der Waals surface area contributed by atoms with E-state index in [1.807, 2.05) is 19.9 Å². The van der Waals surface area contributed by atoms with Crippen LogP contribution >= 0.6 is 11.6 Å². The van der Waals surface area contributed by atoms with Gasteiger partial charge in [-0.1, -0.05) is 24.9 Å². The number of hydrogen-bond donors (Lipinski definition) is 0. The van der Waals surface area contributed by atoms with Crippen LogP contribution < -0.4 is 0 Å². The molecule has 0 unspecified atom stereocenters. The number of hydrogen-bond acceptors (Lipinski definition) is 4. The summed E-state index contributed by atoms with van der Waals surface area (Å²) in [5.74, 6) is 0.518. The molecule has 0 amide bonds. The van der Waals surface area contributed by atoms with Gasteiger partial charge in [0.25, 0.3) is 0 Å². The lowest BCUT2D eigenvalue weighted by molar-refractivity contribution is 0.770. The quantitative estimate of drug-likeness (QED) is 0.851. The first-order chi connectivity index (χ1) is 8.67. The van der Waals surface area contributed by atoms with Crippen molar-refractivity contribution in [3.05, 3.63) is 34.2 Å². The highest BCUT2D eigenvalue weighted by Crippen LogP contribution is 2.22. The summed E-state index contributed by atoms with van der Waals surface area (Å²) in [6, 6.07) is 5.69. The van der Waals surface area contributed by atoms with E-state index in [0.717, 1.165) is 18.5 Å². The molecule has 0 aliphatic heterocycles. The van der Waals surface area contributed by atoms with Gasteiger partial charge >= 0.3 is 0 Å². The number of aryl methyl sites for hydroxylation is 2. The van der Waals surface area contributed by atoms with Crippen molar-refractivity contribution < 1.29 is 0 Å². The highest BCUT2D eigenvalue weighted by molar-refractivity contribution is 6.31. The molecular formula is C12H12ClN5. The van der Waals surface area contributed by atoms with E-state index in [-0.39, 0.29) is 0 Å². The van der Waals surface area contributed by atoms with Crippen LogP contribution in [0.3, 0.4) is 0 Å². The molecule has 0 aliphatic carbocycles. The summed E-state index contributed by atoms with van der Waals surface area (Å²) in [6.07, 6.45) is 1.62. The maximum Gasteiger partial charge on any atom is 0.177 e. The Morgan fingerprint density at radius 3 is 2.72 bits per heavy atom. The average molecular weight is 262 g/mol. The Kier molecular flexibility index (Phi) is 3.58. The molecule has 0 atom stereocenters. The lowest BCUT2D eigenvalue weighted by Gasteiger charge is -2.00. The van der Waals surface area contributed by atoms with Crippen LogP contribution in [0.5, 0.6) is 0 Å². The molecule has 0 spiro atoms. The Bertz CT molecular complexity index is 594. The zero-order valence-electron chi connectivity index (χ0n) is 10.2.